The minimum absolute atomic E-state index is 0.171. The SMILES string of the molecule is CO/C=C/[C@@H]1COC(C)(C)N1C(=O)OC(C)(C)C. The molecule has 1 aliphatic heterocycles. The van der Waals surface area contributed by atoms with E-state index in [4.69, 9.17) is 14.2 Å². The van der Waals surface area contributed by atoms with Crippen molar-refractivity contribution in [2.24, 2.45) is 0 Å². The van der Waals surface area contributed by atoms with E-state index in [1.165, 1.54) is 0 Å². The Morgan fingerprint density at radius 1 is 1.44 bits per heavy atom. The molecule has 0 N–H and O–H groups in total. The molecule has 1 aliphatic rings. The quantitative estimate of drug-likeness (QED) is 0.713. The highest BCUT2D eigenvalue weighted by molar-refractivity contribution is 5.70. The molecule has 1 saturated heterocycles. The number of nitrogens with zero attached hydrogens (tertiary/aromatic N) is 1. The fourth-order valence-corrected chi connectivity index (χ4v) is 1.81. The zero-order valence-corrected chi connectivity index (χ0v) is 12.0. The van der Waals surface area contributed by atoms with E-state index in [1.807, 2.05) is 34.6 Å². The maximum absolute atomic E-state index is 12.2. The normalized spacial score (nSPS) is 23.4. The fourth-order valence-electron chi connectivity index (χ4n) is 1.81. The number of carbonyl (C=O) groups is 1. The van der Waals surface area contributed by atoms with Crippen LogP contribution in [0.4, 0.5) is 4.79 Å². The number of hydrogen-bond donors (Lipinski definition) is 0. The van der Waals surface area contributed by atoms with Gasteiger partial charge < -0.3 is 14.2 Å². The standard InChI is InChI=1S/C13H23NO4/c1-12(2,3)18-11(15)14-10(7-8-16-6)9-17-13(14,4)5/h7-8,10H,9H2,1-6H3/b8-7+/t10-/m1/s1. The minimum atomic E-state index is -0.676. The molecule has 1 atom stereocenters. The van der Waals surface area contributed by atoms with Gasteiger partial charge in [0.1, 0.15) is 11.3 Å². The lowest BCUT2D eigenvalue weighted by atomic mass is 10.2. The molecule has 5 nitrogen and oxygen atoms in total. The Morgan fingerprint density at radius 2 is 2.06 bits per heavy atom. The Kier molecular flexibility index (Phi) is 4.27. The van der Waals surface area contributed by atoms with Crippen LogP contribution < -0.4 is 0 Å². The van der Waals surface area contributed by atoms with Gasteiger partial charge in [-0.1, -0.05) is 0 Å². The molecule has 0 aromatic rings. The van der Waals surface area contributed by atoms with Crippen LogP contribution in [-0.2, 0) is 14.2 Å². The summed E-state index contributed by atoms with van der Waals surface area (Å²) in [5.74, 6) is 0. The average Bonchev–Trinajstić information content (AvgIpc) is 2.48. The lowest BCUT2D eigenvalue weighted by Crippen LogP contribution is -2.49. The van der Waals surface area contributed by atoms with Crippen LogP contribution >= 0.6 is 0 Å². The smallest absolute Gasteiger partial charge is 0.413 e. The molecule has 1 fully saturated rings. The van der Waals surface area contributed by atoms with Crippen molar-refractivity contribution in [1.82, 2.24) is 4.90 Å². The largest absolute Gasteiger partial charge is 0.505 e. The van der Waals surface area contributed by atoms with Crippen molar-refractivity contribution in [3.05, 3.63) is 12.3 Å². The van der Waals surface area contributed by atoms with Crippen LogP contribution in [0.5, 0.6) is 0 Å². The maximum Gasteiger partial charge on any atom is 0.413 e. The summed E-state index contributed by atoms with van der Waals surface area (Å²) in [4.78, 5) is 13.8. The summed E-state index contributed by atoms with van der Waals surface area (Å²) in [7, 11) is 1.56. The number of rotatable bonds is 2. The van der Waals surface area contributed by atoms with Gasteiger partial charge in [-0.15, -0.1) is 0 Å². The molecule has 0 saturated carbocycles. The molecular weight excluding hydrogens is 234 g/mol. The van der Waals surface area contributed by atoms with E-state index in [1.54, 1.807) is 24.3 Å². The first-order chi connectivity index (χ1) is 8.17. The molecule has 18 heavy (non-hydrogen) atoms. The second-order valence-electron chi connectivity index (χ2n) is 5.74. The molecule has 0 unspecified atom stereocenters. The molecule has 0 radical (unpaired) electrons. The summed E-state index contributed by atoms with van der Waals surface area (Å²) < 4.78 is 15.9. The number of ether oxygens (including phenoxy) is 3. The van der Waals surface area contributed by atoms with Gasteiger partial charge in [0, 0.05) is 0 Å². The van der Waals surface area contributed by atoms with E-state index < -0.39 is 11.3 Å². The van der Waals surface area contributed by atoms with Crippen LogP contribution in [0, 0.1) is 0 Å². The predicted molar refractivity (Wildman–Crippen MR) is 68.0 cm³/mol. The third-order valence-electron chi connectivity index (χ3n) is 2.55. The van der Waals surface area contributed by atoms with Gasteiger partial charge in [0.25, 0.3) is 0 Å². The van der Waals surface area contributed by atoms with Crippen molar-refractivity contribution in [3.63, 3.8) is 0 Å². The van der Waals surface area contributed by atoms with E-state index in [9.17, 15) is 4.79 Å². The molecule has 104 valence electrons. The average molecular weight is 257 g/mol. The number of methoxy groups -OCH3 is 1. The molecule has 0 aliphatic carbocycles. The van der Waals surface area contributed by atoms with Crippen molar-refractivity contribution in [1.29, 1.82) is 0 Å². The van der Waals surface area contributed by atoms with E-state index in [2.05, 4.69) is 0 Å². The van der Waals surface area contributed by atoms with Crippen LogP contribution in [0.15, 0.2) is 12.3 Å². The van der Waals surface area contributed by atoms with Gasteiger partial charge in [-0.2, -0.15) is 0 Å². The van der Waals surface area contributed by atoms with Gasteiger partial charge in [-0.3, -0.25) is 4.90 Å². The Labute approximate surface area is 109 Å². The molecule has 1 amide bonds. The molecule has 0 bridgehead atoms. The fraction of sp³-hybridized carbons (Fsp3) is 0.769. The Balaban J connectivity index is 2.85. The van der Waals surface area contributed by atoms with Crippen molar-refractivity contribution in [2.45, 2.75) is 52.0 Å². The second kappa shape index (κ2) is 5.18. The van der Waals surface area contributed by atoms with Gasteiger partial charge >= 0.3 is 6.09 Å². The third kappa shape index (κ3) is 3.63. The molecule has 1 heterocycles. The van der Waals surface area contributed by atoms with Crippen molar-refractivity contribution >= 4 is 6.09 Å². The molecule has 0 spiro atoms. The zero-order chi connectivity index (χ0) is 14.0. The van der Waals surface area contributed by atoms with Gasteiger partial charge in [0.15, 0.2) is 0 Å². The van der Waals surface area contributed by atoms with Crippen molar-refractivity contribution in [2.75, 3.05) is 13.7 Å². The topological polar surface area (TPSA) is 48.0 Å². The number of amides is 1. The molecule has 1 rings (SSSR count). The molecular formula is C13H23NO4. The monoisotopic (exact) mass is 257 g/mol. The van der Waals surface area contributed by atoms with E-state index in [-0.39, 0.29) is 12.1 Å². The minimum Gasteiger partial charge on any atom is -0.505 e. The Bertz CT molecular complexity index is 330. The zero-order valence-electron chi connectivity index (χ0n) is 12.0. The van der Waals surface area contributed by atoms with Crippen molar-refractivity contribution in [3.8, 4) is 0 Å². The van der Waals surface area contributed by atoms with Crippen LogP contribution in [0.3, 0.4) is 0 Å². The summed E-state index contributed by atoms with van der Waals surface area (Å²) in [6, 6.07) is -0.171. The lowest BCUT2D eigenvalue weighted by Gasteiger charge is -2.34. The maximum atomic E-state index is 12.2. The van der Waals surface area contributed by atoms with Gasteiger partial charge in [-0.05, 0) is 40.7 Å². The van der Waals surface area contributed by atoms with Crippen LogP contribution in [-0.4, -0.2) is 42.1 Å². The number of carbonyl (C=O) groups excluding carboxylic acids is 1. The summed E-state index contributed by atoms with van der Waals surface area (Å²) in [6.07, 6.45) is 2.96. The summed E-state index contributed by atoms with van der Waals surface area (Å²) in [5, 5.41) is 0. The van der Waals surface area contributed by atoms with E-state index >= 15 is 0 Å². The summed E-state index contributed by atoms with van der Waals surface area (Å²) in [5.41, 5.74) is -1.20. The van der Waals surface area contributed by atoms with Crippen LogP contribution in [0.25, 0.3) is 0 Å². The van der Waals surface area contributed by atoms with Crippen LogP contribution in [0.2, 0.25) is 0 Å². The Morgan fingerprint density at radius 3 is 2.56 bits per heavy atom. The molecule has 0 aromatic carbocycles. The lowest BCUT2D eigenvalue weighted by molar-refractivity contribution is -0.0610. The first kappa shape index (κ1) is 14.8. The van der Waals surface area contributed by atoms with Gasteiger partial charge in [-0.25, -0.2) is 4.79 Å². The van der Waals surface area contributed by atoms with Gasteiger partial charge in [0.05, 0.1) is 26.0 Å². The van der Waals surface area contributed by atoms with Crippen LogP contribution in [0.1, 0.15) is 34.6 Å². The molecule has 0 aromatic heterocycles. The first-order valence-electron chi connectivity index (χ1n) is 6.03. The predicted octanol–water partition coefficient (Wildman–Crippen LogP) is 2.52. The number of hydrogen-bond acceptors (Lipinski definition) is 4. The highest BCUT2D eigenvalue weighted by Crippen LogP contribution is 2.29. The third-order valence-corrected chi connectivity index (χ3v) is 2.55. The summed E-state index contributed by atoms with van der Waals surface area (Å²) in [6.45, 7) is 9.65. The highest BCUT2D eigenvalue weighted by atomic mass is 16.6. The second-order valence-corrected chi connectivity index (χ2v) is 5.74. The first-order valence-corrected chi connectivity index (χ1v) is 6.03. The van der Waals surface area contributed by atoms with Gasteiger partial charge in [0.2, 0.25) is 0 Å². The molecule has 5 heteroatoms. The highest BCUT2D eigenvalue weighted by Gasteiger charge is 2.44. The summed E-state index contributed by atoms with van der Waals surface area (Å²) >= 11 is 0. The Hall–Kier alpha value is -1.23. The van der Waals surface area contributed by atoms with Crippen molar-refractivity contribution < 1.29 is 19.0 Å². The van der Waals surface area contributed by atoms with E-state index in [0.717, 1.165) is 0 Å². The van der Waals surface area contributed by atoms with E-state index in [0.29, 0.717) is 6.61 Å².